The molecule has 2 heteroatoms. The summed E-state index contributed by atoms with van der Waals surface area (Å²) in [5, 5.41) is 0. The molecule has 0 atom stereocenters. The van der Waals surface area contributed by atoms with Gasteiger partial charge in [0.1, 0.15) is 5.60 Å². The van der Waals surface area contributed by atoms with E-state index in [0.717, 1.165) is 6.42 Å². The fourth-order valence-electron chi connectivity index (χ4n) is 0.787. The van der Waals surface area contributed by atoms with Crippen LogP contribution in [-0.2, 0) is 9.53 Å². The summed E-state index contributed by atoms with van der Waals surface area (Å²) in [7, 11) is 0. The molecule has 0 aliphatic carbocycles. The van der Waals surface area contributed by atoms with Crippen LogP contribution >= 0.6 is 0 Å². The van der Waals surface area contributed by atoms with Crippen molar-refractivity contribution in [1.82, 2.24) is 0 Å². The Kier molecular flexibility index (Phi) is 1.31. The summed E-state index contributed by atoms with van der Waals surface area (Å²) in [6, 6.07) is 0. The molecule has 0 spiro atoms. The quantitative estimate of drug-likeness (QED) is 0.457. The van der Waals surface area contributed by atoms with Crippen LogP contribution in [0.3, 0.4) is 0 Å². The zero-order chi connectivity index (χ0) is 6.91. The standard InChI is InChI=1S/C7H10O2/c1-7(2)5-3-4-6(8)9-7/h3-4H,5H2,1-2H3. The molecule has 1 heterocycles. The molecule has 9 heavy (non-hydrogen) atoms. The first kappa shape index (κ1) is 6.33. The fourth-order valence-corrected chi connectivity index (χ4v) is 0.787. The minimum Gasteiger partial charge on any atom is -0.456 e. The predicted molar refractivity (Wildman–Crippen MR) is 33.9 cm³/mol. The van der Waals surface area contributed by atoms with Gasteiger partial charge in [-0.15, -0.1) is 0 Å². The summed E-state index contributed by atoms with van der Waals surface area (Å²) < 4.78 is 4.95. The summed E-state index contributed by atoms with van der Waals surface area (Å²) in [6.07, 6.45) is 4.12. The molecule has 1 rings (SSSR count). The van der Waals surface area contributed by atoms with E-state index in [2.05, 4.69) is 0 Å². The van der Waals surface area contributed by atoms with Gasteiger partial charge in [-0.05, 0) is 13.8 Å². The molecule has 0 saturated carbocycles. The van der Waals surface area contributed by atoms with Crippen LogP contribution in [0.2, 0.25) is 0 Å². The Bertz CT molecular complexity index is 156. The average molecular weight is 126 g/mol. The number of carbonyl (C=O) groups excluding carboxylic acids is 1. The van der Waals surface area contributed by atoms with Gasteiger partial charge in [-0.2, -0.15) is 0 Å². The van der Waals surface area contributed by atoms with E-state index in [1.54, 1.807) is 0 Å². The summed E-state index contributed by atoms with van der Waals surface area (Å²) in [5.74, 6) is -0.230. The van der Waals surface area contributed by atoms with Gasteiger partial charge >= 0.3 is 5.97 Å². The maximum absolute atomic E-state index is 10.6. The van der Waals surface area contributed by atoms with Gasteiger partial charge in [0.25, 0.3) is 0 Å². The average Bonchev–Trinajstić information content (AvgIpc) is 1.60. The lowest BCUT2D eigenvalue weighted by Gasteiger charge is -2.25. The molecule has 0 unspecified atom stereocenters. The third-order valence-corrected chi connectivity index (χ3v) is 1.24. The molecule has 1 aliphatic rings. The lowest BCUT2D eigenvalue weighted by Crippen LogP contribution is -2.29. The van der Waals surface area contributed by atoms with Crippen molar-refractivity contribution in [1.29, 1.82) is 0 Å². The van der Waals surface area contributed by atoms with Crippen molar-refractivity contribution in [3.63, 3.8) is 0 Å². The van der Waals surface area contributed by atoms with Crippen LogP contribution < -0.4 is 0 Å². The molecule has 50 valence electrons. The predicted octanol–water partition coefficient (Wildman–Crippen LogP) is 1.27. The smallest absolute Gasteiger partial charge is 0.330 e. The molecule has 0 fully saturated rings. The molecule has 0 aromatic carbocycles. The van der Waals surface area contributed by atoms with E-state index in [9.17, 15) is 4.79 Å². The molecule has 0 aromatic heterocycles. The third-order valence-electron chi connectivity index (χ3n) is 1.24. The monoisotopic (exact) mass is 126 g/mol. The van der Waals surface area contributed by atoms with Gasteiger partial charge in [-0.3, -0.25) is 0 Å². The maximum atomic E-state index is 10.6. The lowest BCUT2D eigenvalue weighted by atomic mass is 10.0. The first-order valence-corrected chi connectivity index (χ1v) is 3.00. The molecular formula is C7H10O2. The Balaban J connectivity index is 2.68. The van der Waals surface area contributed by atoms with Crippen molar-refractivity contribution >= 4 is 5.97 Å². The summed E-state index contributed by atoms with van der Waals surface area (Å²) in [4.78, 5) is 10.6. The third kappa shape index (κ3) is 1.56. The summed E-state index contributed by atoms with van der Waals surface area (Å²) in [6.45, 7) is 3.79. The van der Waals surface area contributed by atoms with Crippen molar-refractivity contribution in [2.75, 3.05) is 0 Å². The zero-order valence-corrected chi connectivity index (χ0v) is 5.68. The molecule has 0 bridgehead atoms. The SMILES string of the molecule is CC1(C)CC=CC(=O)O1. The highest BCUT2D eigenvalue weighted by Crippen LogP contribution is 2.18. The van der Waals surface area contributed by atoms with Crippen LogP contribution in [0.15, 0.2) is 12.2 Å². The number of carbonyl (C=O) groups is 1. The number of esters is 1. The Morgan fingerprint density at radius 2 is 2.33 bits per heavy atom. The number of rotatable bonds is 0. The minimum atomic E-state index is -0.286. The first-order chi connectivity index (χ1) is 4.10. The Morgan fingerprint density at radius 3 is 2.67 bits per heavy atom. The van der Waals surface area contributed by atoms with E-state index in [-0.39, 0.29) is 11.6 Å². The van der Waals surface area contributed by atoms with Crippen molar-refractivity contribution in [2.24, 2.45) is 0 Å². The van der Waals surface area contributed by atoms with Gasteiger partial charge < -0.3 is 4.74 Å². The summed E-state index contributed by atoms with van der Waals surface area (Å²) in [5.41, 5.74) is -0.286. The highest BCUT2D eigenvalue weighted by Gasteiger charge is 2.23. The minimum absolute atomic E-state index is 0.230. The van der Waals surface area contributed by atoms with Crippen molar-refractivity contribution in [3.05, 3.63) is 12.2 Å². The number of hydrogen-bond acceptors (Lipinski definition) is 2. The van der Waals surface area contributed by atoms with E-state index in [1.807, 2.05) is 19.9 Å². The van der Waals surface area contributed by atoms with Crippen LogP contribution in [-0.4, -0.2) is 11.6 Å². The Labute approximate surface area is 54.5 Å². The zero-order valence-electron chi connectivity index (χ0n) is 5.68. The number of hydrogen-bond donors (Lipinski definition) is 0. The topological polar surface area (TPSA) is 26.3 Å². The molecule has 0 saturated heterocycles. The first-order valence-electron chi connectivity index (χ1n) is 3.00. The van der Waals surface area contributed by atoms with Gasteiger partial charge in [0.15, 0.2) is 0 Å². The van der Waals surface area contributed by atoms with Crippen LogP contribution in [0.4, 0.5) is 0 Å². The second kappa shape index (κ2) is 1.87. The van der Waals surface area contributed by atoms with Crippen molar-refractivity contribution in [2.45, 2.75) is 25.9 Å². The summed E-state index contributed by atoms with van der Waals surface area (Å²) >= 11 is 0. The largest absolute Gasteiger partial charge is 0.456 e. The molecule has 0 radical (unpaired) electrons. The van der Waals surface area contributed by atoms with Gasteiger partial charge in [-0.1, -0.05) is 6.08 Å². The van der Waals surface area contributed by atoms with Gasteiger partial charge in [0, 0.05) is 12.5 Å². The van der Waals surface area contributed by atoms with Gasteiger partial charge in [-0.25, -0.2) is 4.79 Å². The van der Waals surface area contributed by atoms with Crippen LogP contribution in [0.1, 0.15) is 20.3 Å². The molecule has 0 N–H and O–H groups in total. The van der Waals surface area contributed by atoms with Crippen LogP contribution in [0, 0.1) is 0 Å². The lowest BCUT2D eigenvalue weighted by molar-refractivity contribution is -0.151. The van der Waals surface area contributed by atoms with Crippen LogP contribution in [0.25, 0.3) is 0 Å². The number of cyclic esters (lactones) is 1. The second-order valence-corrected chi connectivity index (χ2v) is 2.79. The molecular weight excluding hydrogens is 116 g/mol. The Morgan fingerprint density at radius 1 is 1.67 bits per heavy atom. The Hall–Kier alpha value is -0.790. The molecule has 2 nitrogen and oxygen atoms in total. The molecule has 0 amide bonds. The highest BCUT2D eigenvalue weighted by molar-refractivity contribution is 5.83. The van der Waals surface area contributed by atoms with E-state index in [0.29, 0.717) is 0 Å². The fraction of sp³-hybridized carbons (Fsp3) is 0.571. The van der Waals surface area contributed by atoms with Gasteiger partial charge in [0.2, 0.25) is 0 Å². The van der Waals surface area contributed by atoms with E-state index in [4.69, 9.17) is 4.74 Å². The van der Waals surface area contributed by atoms with E-state index < -0.39 is 0 Å². The van der Waals surface area contributed by atoms with E-state index >= 15 is 0 Å². The number of ether oxygens (including phenoxy) is 1. The van der Waals surface area contributed by atoms with Crippen molar-refractivity contribution in [3.8, 4) is 0 Å². The van der Waals surface area contributed by atoms with Gasteiger partial charge in [0.05, 0.1) is 0 Å². The molecule has 0 aromatic rings. The van der Waals surface area contributed by atoms with E-state index in [1.165, 1.54) is 6.08 Å². The molecule has 1 aliphatic heterocycles. The van der Waals surface area contributed by atoms with Crippen LogP contribution in [0.5, 0.6) is 0 Å². The van der Waals surface area contributed by atoms with Crippen molar-refractivity contribution < 1.29 is 9.53 Å². The second-order valence-electron chi connectivity index (χ2n) is 2.79. The normalized spacial score (nSPS) is 23.6. The highest BCUT2D eigenvalue weighted by atomic mass is 16.6. The maximum Gasteiger partial charge on any atom is 0.330 e.